The highest BCUT2D eigenvalue weighted by Gasteiger charge is 2.18. The van der Waals surface area contributed by atoms with Crippen molar-refractivity contribution in [1.82, 2.24) is 0 Å². The smallest absolute Gasteiger partial charge is 0.310 e. The van der Waals surface area contributed by atoms with Gasteiger partial charge in [0.2, 0.25) is 0 Å². The van der Waals surface area contributed by atoms with E-state index >= 15 is 0 Å². The van der Waals surface area contributed by atoms with E-state index in [1.165, 1.54) is 0 Å². The van der Waals surface area contributed by atoms with Crippen LogP contribution >= 0.6 is 0 Å². The van der Waals surface area contributed by atoms with Gasteiger partial charge in [0.1, 0.15) is 6.61 Å². The molecule has 82 valence electrons. The van der Waals surface area contributed by atoms with Crippen molar-refractivity contribution < 1.29 is 14.3 Å². The van der Waals surface area contributed by atoms with Crippen molar-refractivity contribution >= 4 is 5.97 Å². The van der Waals surface area contributed by atoms with Crippen LogP contribution in [0.5, 0.6) is 0 Å². The molecule has 0 aliphatic carbocycles. The molecule has 4 heteroatoms. The number of hydrogen-bond acceptors (Lipinski definition) is 4. The Labute approximate surface area is 84.7 Å². The first-order valence-electron chi connectivity index (χ1n) is 5.22. The molecule has 1 saturated heterocycles. The zero-order chi connectivity index (χ0) is 10.4. The molecule has 0 saturated carbocycles. The van der Waals surface area contributed by atoms with E-state index in [0.717, 1.165) is 25.9 Å². The van der Waals surface area contributed by atoms with E-state index in [-0.39, 0.29) is 18.0 Å². The quantitative estimate of drug-likeness (QED) is 0.680. The standard InChI is InChI=1S/C10H19NO3/c1-8(6-11)10(12)14-7-9-4-2-3-5-13-9/h8-9H,2-7,11H2,1H3. The normalized spacial score (nSPS) is 24.3. The van der Waals surface area contributed by atoms with Gasteiger partial charge in [-0.1, -0.05) is 6.92 Å². The summed E-state index contributed by atoms with van der Waals surface area (Å²) in [5.74, 6) is -0.430. The summed E-state index contributed by atoms with van der Waals surface area (Å²) in [6.45, 7) is 3.27. The SMILES string of the molecule is CC(CN)C(=O)OCC1CCCCO1. The predicted molar refractivity (Wildman–Crippen MR) is 52.8 cm³/mol. The zero-order valence-corrected chi connectivity index (χ0v) is 8.70. The molecular weight excluding hydrogens is 182 g/mol. The Morgan fingerprint density at radius 2 is 2.43 bits per heavy atom. The molecule has 0 spiro atoms. The number of carbonyl (C=O) groups is 1. The molecule has 2 atom stereocenters. The zero-order valence-electron chi connectivity index (χ0n) is 8.70. The molecule has 14 heavy (non-hydrogen) atoms. The van der Waals surface area contributed by atoms with Gasteiger partial charge in [-0.25, -0.2) is 0 Å². The topological polar surface area (TPSA) is 61.6 Å². The average molecular weight is 201 g/mol. The largest absolute Gasteiger partial charge is 0.463 e. The van der Waals surface area contributed by atoms with Crippen molar-refractivity contribution in [2.45, 2.75) is 32.3 Å². The Kier molecular flexibility index (Phi) is 4.90. The molecule has 1 fully saturated rings. The monoisotopic (exact) mass is 201 g/mol. The predicted octanol–water partition coefficient (Wildman–Crippen LogP) is 0.693. The summed E-state index contributed by atoms with van der Waals surface area (Å²) in [5.41, 5.74) is 5.35. The maximum absolute atomic E-state index is 11.3. The van der Waals surface area contributed by atoms with Crippen LogP contribution in [-0.4, -0.2) is 31.8 Å². The van der Waals surface area contributed by atoms with E-state index in [0.29, 0.717) is 13.2 Å². The number of rotatable bonds is 4. The van der Waals surface area contributed by atoms with Crippen LogP contribution in [-0.2, 0) is 14.3 Å². The second kappa shape index (κ2) is 5.98. The molecule has 0 aromatic rings. The lowest BCUT2D eigenvalue weighted by Gasteiger charge is -2.22. The van der Waals surface area contributed by atoms with Gasteiger partial charge in [0.05, 0.1) is 12.0 Å². The van der Waals surface area contributed by atoms with Crippen LogP contribution in [0.3, 0.4) is 0 Å². The molecule has 0 amide bonds. The van der Waals surface area contributed by atoms with Crippen molar-refractivity contribution in [1.29, 1.82) is 0 Å². The van der Waals surface area contributed by atoms with Gasteiger partial charge in [0.25, 0.3) is 0 Å². The van der Waals surface area contributed by atoms with Crippen molar-refractivity contribution in [3.05, 3.63) is 0 Å². The minimum atomic E-state index is -0.221. The maximum atomic E-state index is 11.3. The molecule has 4 nitrogen and oxygen atoms in total. The number of ether oxygens (including phenoxy) is 2. The highest BCUT2D eigenvalue weighted by atomic mass is 16.6. The van der Waals surface area contributed by atoms with Gasteiger partial charge in [0, 0.05) is 13.2 Å². The molecule has 1 rings (SSSR count). The molecule has 1 heterocycles. The lowest BCUT2D eigenvalue weighted by atomic mass is 10.1. The molecule has 1 aliphatic heterocycles. The van der Waals surface area contributed by atoms with Crippen LogP contribution in [0.25, 0.3) is 0 Å². The lowest BCUT2D eigenvalue weighted by molar-refractivity contribution is -0.153. The summed E-state index contributed by atoms with van der Waals surface area (Å²) >= 11 is 0. The number of esters is 1. The number of hydrogen-bond donors (Lipinski definition) is 1. The molecule has 1 aliphatic rings. The molecule has 2 N–H and O–H groups in total. The first-order chi connectivity index (χ1) is 6.74. The highest BCUT2D eigenvalue weighted by Crippen LogP contribution is 2.13. The summed E-state index contributed by atoms with van der Waals surface area (Å²) in [5, 5.41) is 0. The second-order valence-corrected chi connectivity index (χ2v) is 3.76. The molecule has 2 unspecified atom stereocenters. The third-order valence-electron chi connectivity index (χ3n) is 2.44. The number of carbonyl (C=O) groups excluding carboxylic acids is 1. The van der Waals surface area contributed by atoms with Crippen LogP contribution in [0.4, 0.5) is 0 Å². The summed E-state index contributed by atoms with van der Waals surface area (Å²) < 4.78 is 10.5. The van der Waals surface area contributed by atoms with Gasteiger partial charge in [0.15, 0.2) is 0 Å². The molecule has 0 radical (unpaired) electrons. The third-order valence-corrected chi connectivity index (χ3v) is 2.44. The van der Waals surface area contributed by atoms with Crippen LogP contribution in [0.15, 0.2) is 0 Å². The molecule has 0 aromatic carbocycles. The minimum Gasteiger partial charge on any atom is -0.463 e. The second-order valence-electron chi connectivity index (χ2n) is 3.76. The lowest BCUT2D eigenvalue weighted by Crippen LogP contribution is -2.29. The van der Waals surface area contributed by atoms with Crippen molar-refractivity contribution in [2.75, 3.05) is 19.8 Å². The van der Waals surface area contributed by atoms with Gasteiger partial charge in [-0.15, -0.1) is 0 Å². The fourth-order valence-electron chi connectivity index (χ4n) is 1.35. The summed E-state index contributed by atoms with van der Waals surface area (Å²) in [6, 6.07) is 0. The van der Waals surface area contributed by atoms with Crippen molar-refractivity contribution in [3.63, 3.8) is 0 Å². The summed E-state index contributed by atoms with van der Waals surface area (Å²) in [6.07, 6.45) is 3.36. The molecule has 0 bridgehead atoms. The molecular formula is C10H19NO3. The first-order valence-corrected chi connectivity index (χ1v) is 5.22. The van der Waals surface area contributed by atoms with Gasteiger partial charge < -0.3 is 15.2 Å². The van der Waals surface area contributed by atoms with Crippen LogP contribution in [0.1, 0.15) is 26.2 Å². The van der Waals surface area contributed by atoms with E-state index in [1.807, 2.05) is 0 Å². The van der Waals surface area contributed by atoms with E-state index in [4.69, 9.17) is 15.2 Å². The van der Waals surface area contributed by atoms with Gasteiger partial charge in [-0.2, -0.15) is 0 Å². The van der Waals surface area contributed by atoms with E-state index in [9.17, 15) is 4.79 Å². The van der Waals surface area contributed by atoms with E-state index in [1.54, 1.807) is 6.92 Å². The average Bonchev–Trinajstić information content (AvgIpc) is 2.26. The van der Waals surface area contributed by atoms with E-state index < -0.39 is 0 Å². The highest BCUT2D eigenvalue weighted by molar-refractivity contribution is 5.72. The fourth-order valence-corrected chi connectivity index (χ4v) is 1.35. The number of nitrogens with two attached hydrogens (primary N) is 1. The van der Waals surface area contributed by atoms with Gasteiger partial charge in [-0.3, -0.25) is 4.79 Å². The van der Waals surface area contributed by atoms with Gasteiger partial charge in [-0.05, 0) is 19.3 Å². The summed E-state index contributed by atoms with van der Waals surface area (Å²) in [7, 11) is 0. The fraction of sp³-hybridized carbons (Fsp3) is 0.900. The van der Waals surface area contributed by atoms with Gasteiger partial charge >= 0.3 is 5.97 Å². The van der Waals surface area contributed by atoms with Crippen molar-refractivity contribution in [2.24, 2.45) is 11.7 Å². The Morgan fingerprint density at radius 1 is 1.64 bits per heavy atom. The Bertz CT molecular complexity index is 178. The Balaban J connectivity index is 2.15. The Hall–Kier alpha value is -0.610. The van der Waals surface area contributed by atoms with Crippen LogP contribution in [0, 0.1) is 5.92 Å². The first kappa shape index (κ1) is 11.5. The minimum absolute atomic E-state index is 0.0951. The van der Waals surface area contributed by atoms with Crippen LogP contribution in [0.2, 0.25) is 0 Å². The van der Waals surface area contributed by atoms with Crippen molar-refractivity contribution in [3.8, 4) is 0 Å². The Morgan fingerprint density at radius 3 is 3.00 bits per heavy atom. The van der Waals surface area contributed by atoms with Crippen LogP contribution < -0.4 is 5.73 Å². The third kappa shape index (κ3) is 3.64. The maximum Gasteiger partial charge on any atom is 0.310 e. The summed E-state index contributed by atoms with van der Waals surface area (Å²) in [4.78, 5) is 11.3. The van der Waals surface area contributed by atoms with E-state index in [2.05, 4.69) is 0 Å². The molecule has 0 aromatic heterocycles.